The number of aromatic nitrogens is 2. The molecule has 1 unspecified atom stereocenters. The molecule has 120 valence electrons. The smallest absolute Gasteiger partial charge is 0.319 e. The van der Waals surface area contributed by atoms with Crippen LogP contribution in [0.2, 0.25) is 0 Å². The minimum atomic E-state index is -0.843. The Morgan fingerprint density at radius 1 is 1.30 bits per heavy atom. The average Bonchev–Trinajstić information content (AvgIpc) is 2.50. The van der Waals surface area contributed by atoms with Gasteiger partial charge in [-0.1, -0.05) is 6.07 Å². The minimum Gasteiger partial charge on any atom is -0.335 e. The van der Waals surface area contributed by atoms with Crippen LogP contribution in [0.15, 0.2) is 29.1 Å². The van der Waals surface area contributed by atoms with Crippen molar-refractivity contribution in [2.45, 2.75) is 25.3 Å². The zero-order chi connectivity index (χ0) is 16.4. The molecular weight excluding hydrogens is 306 g/mol. The summed E-state index contributed by atoms with van der Waals surface area (Å²) in [6.07, 6.45) is 1.67. The Bertz CT molecular complexity index is 786. The number of H-pyrrole nitrogens is 1. The van der Waals surface area contributed by atoms with E-state index in [0.717, 1.165) is 23.4 Å². The van der Waals surface area contributed by atoms with Gasteiger partial charge in [-0.25, -0.2) is 18.7 Å². The van der Waals surface area contributed by atoms with Gasteiger partial charge in [-0.15, -0.1) is 0 Å². The first-order valence-corrected chi connectivity index (χ1v) is 7.12. The number of halogens is 2. The molecule has 0 spiro atoms. The van der Waals surface area contributed by atoms with E-state index in [4.69, 9.17) is 0 Å². The Balaban J connectivity index is 1.66. The second-order valence-corrected chi connectivity index (χ2v) is 5.34. The third-order valence-corrected chi connectivity index (χ3v) is 3.71. The van der Waals surface area contributed by atoms with E-state index in [1.54, 1.807) is 0 Å². The normalized spacial score (nSPS) is 16.5. The first kappa shape index (κ1) is 15.1. The lowest BCUT2D eigenvalue weighted by atomic mass is 9.92. The van der Waals surface area contributed by atoms with Gasteiger partial charge in [0, 0.05) is 12.1 Å². The summed E-state index contributed by atoms with van der Waals surface area (Å²) in [5, 5.41) is 11.2. The second kappa shape index (κ2) is 6.15. The van der Waals surface area contributed by atoms with Crippen LogP contribution in [-0.2, 0) is 12.8 Å². The van der Waals surface area contributed by atoms with Gasteiger partial charge in [0.15, 0.2) is 0 Å². The molecule has 6 nitrogen and oxygen atoms in total. The number of nitrogens with zero attached hydrogens (tertiary/aromatic N) is 1. The molecular formula is C15H14F2N4O2. The molecule has 0 bridgehead atoms. The summed E-state index contributed by atoms with van der Waals surface area (Å²) in [5.74, 6) is -1.69. The molecule has 0 radical (unpaired) electrons. The van der Waals surface area contributed by atoms with Crippen LogP contribution in [0.3, 0.4) is 0 Å². The molecule has 3 N–H and O–H groups in total. The maximum atomic E-state index is 13.5. The molecule has 1 aliphatic carbocycles. The Hall–Kier alpha value is -2.77. The predicted octanol–water partition coefficient (Wildman–Crippen LogP) is 1.73. The molecule has 0 saturated heterocycles. The number of aromatic amines is 1. The van der Waals surface area contributed by atoms with Crippen LogP contribution in [0, 0.1) is 11.6 Å². The predicted molar refractivity (Wildman–Crippen MR) is 79.2 cm³/mol. The third kappa shape index (κ3) is 3.36. The van der Waals surface area contributed by atoms with Crippen molar-refractivity contribution in [3.63, 3.8) is 0 Å². The van der Waals surface area contributed by atoms with E-state index in [-0.39, 0.29) is 11.6 Å². The summed E-state index contributed by atoms with van der Waals surface area (Å²) in [5.41, 5.74) is 0.771. The van der Waals surface area contributed by atoms with Crippen molar-refractivity contribution in [1.82, 2.24) is 15.5 Å². The lowest BCUT2D eigenvalue weighted by Crippen LogP contribution is -2.42. The molecule has 0 fully saturated rings. The van der Waals surface area contributed by atoms with E-state index >= 15 is 0 Å². The summed E-state index contributed by atoms with van der Waals surface area (Å²) >= 11 is 0. The van der Waals surface area contributed by atoms with Crippen LogP contribution < -0.4 is 16.2 Å². The van der Waals surface area contributed by atoms with Crippen molar-refractivity contribution in [2.24, 2.45) is 0 Å². The highest BCUT2D eigenvalue weighted by atomic mass is 19.1. The topological polar surface area (TPSA) is 86.9 Å². The maximum absolute atomic E-state index is 13.5. The Labute approximate surface area is 129 Å². The number of nitrogens with one attached hydrogen (secondary N) is 3. The van der Waals surface area contributed by atoms with E-state index < -0.39 is 23.4 Å². The minimum absolute atomic E-state index is 0.235. The van der Waals surface area contributed by atoms with Crippen molar-refractivity contribution in [1.29, 1.82) is 0 Å². The SMILES string of the molecule is O=C(Nc1c(F)cccc1F)NC1CCc2n[nH]c(=O)cc2C1. The fraction of sp³-hybridized carbons (Fsp3) is 0.267. The molecule has 8 heteroatoms. The average molecular weight is 320 g/mol. The van der Waals surface area contributed by atoms with Crippen LogP contribution >= 0.6 is 0 Å². The lowest BCUT2D eigenvalue weighted by molar-refractivity contribution is 0.246. The van der Waals surface area contributed by atoms with Gasteiger partial charge >= 0.3 is 6.03 Å². The van der Waals surface area contributed by atoms with E-state index in [9.17, 15) is 18.4 Å². The van der Waals surface area contributed by atoms with Crippen molar-refractivity contribution >= 4 is 11.7 Å². The zero-order valence-electron chi connectivity index (χ0n) is 12.0. The fourth-order valence-electron chi connectivity index (χ4n) is 2.62. The number of amides is 2. The van der Waals surface area contributed by atoms with Crippen molar-refractivity contribution in [3.05, 3.63) is 57.5 Å². The molecule has 0 saturated carbocycles. The third-order valence-electron chi connectivity index (χ3n) is 3.71. The van der Waals surface area contributed by atoms with Gasteiger partial charge in [0.05, 0.1) is 5.69 Å². The fourth-order valence-corrected chi connectivity index (χ4v) is 2.62. The first-order chi connectivity index (χ1) is 11.0. The van der Waals surface area contributed by atoms with Gasteiger partial charge in [-0.3, -0.25) is 4.79 Å². The van der Waals surface area contributed by atoms with E-state index in [1.165, 1.54) is 12.1 Å². The summed E-state index contributed by atoms with van der Waals surface area (Å²) in [4.78, 5) is 23.2. The molecule has 3 rings (SSSR count). The number of hydrogen-bond donors (Lipinski definition) is 3. The number of benzene rings is 1. The largest absolute Gasteiger partial charge is 0.335 e. The summed E-state index contributed by atoms with van der Waals surface area (Å²) in [6, 6.07) is 3.86. The highest BCUT2D eigenvalue weighted by Crippen LogP contribution is 2.19. The van der Waals surface area contributed by atoms with E-state index in [0.29, 0.717) is 19.3 Å². The van der Waals surface area contributed by atoms with Crippen LogP contribution in [0.25, 0.3) is 0 Å². The number of aryl methyl sites for hydroxylation is 1. The van der Waals surface area contributed by atoms with Crippen LogP contribution in [0.5, 0.6) is 0 Å². The first-order valence-electron chi connectivity index (χ1n) is 7.12. The molecule has 2 aromatic rings. The van der Waals surface area contributed by atoms with Gasteiger partial charge in [-0.05, 0) is 37.0 Å². The summed E-state index contributed by atoms with van der Waals surface area (Å²) in [7, 11) is 0. The van der Waals surface area contributed by atoms with Crippen molar-refractivity contribution < 1.29 is 13.6 Å². The van der Waals surface area contributed by atoms with Crippen LogP contribution in [0.1, 0.15) is 17.7 Å². The van der Waals surface area contributed by atoms with Crippen molar-refractivity contribution in [2.75, 3.05) is 5.32 Å². The Morgan fingerprint density at radius 3 is 2.78 bits per heavy atom. The number of carbonyl (C=O) groups is 1. The molecule has 0 aliphatic heterocycles. The number of rotatable bonds is 2. The highest BCUT2D eigenvalue weighted by Gasteiger charge is 2.22. The Morgan fingerprint density at radius 2 is 2.04 bits per heavy atom. The number of hydrogen-bond acceptors (Lipinski definition) is 3. The standard InChI is InChI=1S/C15H14F2N4O2/c16-10-2-1-3-11(17)14(10)19-15(23)18-9-4-5-12-8(6-9)7-13(22)21-20-12/h1-3,7,9H,4-6H2,(H,21,22)(H2,18,19,23). The second-order valence-electron chi connectivity index (χ2n) is 5.34. The van der Waals surface area contributed by atoms with Crippen LogP contribution in [-0.4, -0.2) is 22.3 Å². The van der Waals surface area contributed by atoms with E-state index in [1.807, 2.05) is 0 Å². The van der Waals surface area contributed by atoms with Gasteiger partial charge < -0.3 is 10.6 Å². The molecule has 1 aromatic heterocycles. The molecule has 2 amide bonds. The van der Waals surface area contributed by atoms with Gasteiger partial charge in [-0.2, -0.15) is 5.10 Å². The Kier molecular flexibility index (Phi) is 4.05. The highest BCUT2D eigenvalue weighted by molar-refractivity contribution is 5.89. The monoisotopic (exact) mass is 320 g/mol. The molecule has 23 heavy (non-hydrogen) atoms. The van der Waals surface area contributed by atoms with Crippen LogP contribution in [0.4, 0.5) is 19.3 Å². The van der Waals surface area contributed by atoms with E-state index in [2.05, 4.69) is 20.8 Å². The van der Waals surface area contributed by atoms with Gasteiger partial charge in [0.25, 0.3) is 5.56 Å². The van der Waals surface area contributed by atoms with Gasteiger partial charge in [0.1, 0.15) is 17.3 Å². The number of para-hydroxylation sites is 1. The molecule has 1 atom stereocenters. The number of fused-ring (bicyclic) bond motifs is 1. The maximum Gasteiger partial charge on any atom is 0.319 e. The summed E-state index contributed by atoms with van der Waals surface area (Å²) in [6.45, 7) is 0. The number of carbonyl (C=O) groups excluding carboxylic acids is 1. The summed E-state index contributed by atoms with van der Waals surface area (Å²) < 4.78 is 27.0. The molecule has 1 aliphatic rings. The van der Waals surface area contributed by atoms with Gasteiger partial charge in [0.2, 0.25) is 0 Å². The lowest BCUT2D eigenvalue weighted by Gasteiger charge is -2.24. The quantitative estimate of drug-likeness (QED) is 0.787. The molecule has 1 aromatic carbocycles. The number of urea groups is 1. The van der Waals surface area contributed by atoms with Crippen molar-refractivity contribution in [3.8, 4) is 0 Å². The number of anilines is 1. The molecule has 1 heterocycles. The zero-order valence-corrected chi connectivity index (χ0v) is 12.0.